The Hall–Kier alpha value is -0.590. The van der Waals surface area contributed by atoms with Crippen molar-refractivity contribution >= 4 is 5.78 Å². The lowest BCUT2D eigenvalue weighted by Crippen LogP contribution is -2.31. The summed E-state index contributed by atoms with van der Waals surface area (Å²) in [5, 5.41) is 0. The molecule has 0 N–H and O–H groups in total. The zero-order valence-electron chi connectivity index (χ0n) is 9.46. The molecule has 0 amide bonds. The molecule has 0 aliphatic heterocycles. The zero-order valence-corrected chi connectivity index (χ0v) is 9.46. The largest absolute Gasteiger partial charge is 0.300 e. The maximum Gasteiger partial charge on any atom is 0.133 e. The molecule has 14 heavy (non-hydrogen) atoms. The quantitative estimate of drug-likeness (QED) is 0.625. The van der Waals surface area contributed by atoms with Gasteiger partial charge < -0.3 is 0 Å². The topological polar surface area (TPSA) is 17.1 Å². The predicted molar refractivity (Wildman–Crippen MR) is 60.1 cm³/mol. The van der Waals surface area contributed by atoms with Crippen molar-refractivity contribution in [2.24, 2.45) is 17.8 Å². The summed E-state index contributed by atoms with van der Waals surface area (Å²) in [7, 11) is 0. The summed E-state index contributed by atoms with van der Waals surface area (Å²) < 4.78 is 0. The number of allylic oxidation sites excluding steroid dienone is 1. The Morgan fingerprint density at radius 1 is 1.50 bits per heavy atom. The Morgan fingerprint density at radius 2 is 2.21 bits per heavy atom. The molecule has 1 rings (SSSR count). The Morgan fingerprint density at radius 3 is 2.71 bits per heavy atom. The van der Waals surface area contributed by atoms with E-state index in [1.807, 2.05) is 6.08 Å². The average molecular weight is 194 g/mol. The number of rotatable bonds is 4. The van der Waals surface area contributed by atoms with E-state index in [2.05, 4.69) is 13.5 Å². The van der Waals surface area contributed by atoms with Crippen molar-refractivity contribution in [2.75, 3.05) is 0 Å². The van der Waals surface area contributed by atoms with Crippen molar-refractivity contribution in [1.29, 1.82) is 0 Å². The highest BCUT2D eigenvalue weighted by molar-refractivity contribution is 5.78. The van der Waals surface area contributed by atoms with E-state index >= 15 is 0 Å². The molecule has 0 aromatic heterocycles. The van der Waals surface area contributed by atoms with Crippen LogP contribution in [-0.2, 0) is 4.79 Å². The fraction of sp³-hybridized carbons (Fsp3) is 0.769. The van der Waals surface area contributed by atoms with Crippen LogP contribution in [0.5, 0.6) is 0 Å². The lowest BCUT2D eigenvalue weighted by Gasteiger charge is -2.36. The number of carbonyl (C=O) groups excluding carboxylic acids is 1. The number of hydrogen-bond acceptors (Lipinski definition) is 1. The highest BCUT2D eigenvalue weighted by Gasteiger charge is 2.33. The van der Waals surface area contributed by atoms with Crippen molar-refractivity contribution in [2.45, 2.75) is 46.0 Å². The van der Waals surface area contributed by atoms with E-state index in [1.165, 1.54) is 12.8 Å². The molecule has 1 fully saturated rings. The summed E-state index contributed by atoms with van der Waals surface area (Å²) in [6.07, 6.45) is 7.86. The highest BCUT2D eigenvalue weighted by atomic mass is 16.1. The SMILES string of the molecule is C=CCC1CCCC(C(C)=O)C1CC. The van der Waals surface area contributed by atoms with Crippen LogP contribution in [-0.4, -0.2) is 5.78 Å². The van der Waals surface area contributed by atoms with Crippen LogP contribution >= 0.6 is 0 Å². The fourth-order valence-corrected chi connectivity index (χ4v) is 2.99. The highest BCUT2D eigenvalue weighted by Crippen LogP contribution is 2.39. The van der Waals surface area contributed by atoms with Crippen LogP contribution in [0, 0.1) is 17.8 Å². The van der Waals surface area contributed by atoms with Crippen molar-refractivity contribution in [3.05, 3.63) is 12.7 Å². The molecule has 0 spiro atoms. The number of hydrogen-bond donors (Lipinski definition) is 0. The van der Waals surface area contributed by atoms with E-state index in [-0.39, 0.29) is 0 Å². The number of carbonyl (C=O) groups is 1. The first kappa shape index (κ1) is 11.5. The van der Waals surface area contributed by atoms with E-state index < -0.39 is 0 Å². The monoisotopic (exact) mass is 194 g/mol. The summed E-state index contributed by atoms with van der Waals surface area (Å²) >= 11 is 0. The van der Waals surface area contributed by atoms with Gasteiger partial charge in [0.1, 0.15) is 5.78 Å². The second-order valence-electron chi connectivity index (χ2n) is 4.50. The van der Waals surface area contributed by atoms with Gasteiger partial charge in [-0.25, -0.2) is 0 Å². The molecule has 1 nitrogen and oxygen atoms in total. The molecule has 3 atom stereocenters. The molecule has 1 aliphatic rings. The third-order valence-corrected chi connectivity index (χ3v) is 3.68. The Bertz CT molecular complexity index is 207. The predicted octanol–water partition coefficient (Wildman–Crippen LogP) is 3.59. The minimum atomic E-state index is 0.332. The van der Waals surface area contributed by atoms with E-state index in [1.54, 1.807) is 6.92 Å². The lowest BCUT2D eigenvalue weighted by atomic mass is 9.68. The van der Waals surface area contributed by atoms with Crippen molar-refractivity contribution < 1.29 is 4.79 Å². The molecular weight excluding hydrogens is 172 g/mol. The Kier molecular flexibility index (Phi) is 4.37. The summed E-state index contributed by atoms with van der Waals surface area (Å²) in [6.45, 7) is 7.77. The van der Waals surface area contributed by atoms with Gasteiger partial charge in [-0.05, 0) is 38.0 Å². The molecule has 0 heterocycles. The van der Waals surface area contributed by atoms with Gasteiger partial charge in [0.15, 0.2) is 0 Å². The molecule has 0 aromatic carbocycles. The van der Waals surface area contributed by atoms with E-state index in [0.717, 1.165) is 19.3 Å². The van der Waals surface area contributed by atoms with Crippen LogP contribution in [0.1, 0.15) is 46.0 Å². The third-order valence-electron chi connectivity index (χ3n) is 3.68. The van der Waals surface area contributed by atoms with Crippen LogP contribution in [0.4, 0.5) is 0 Å². The van der Waals surface area contributed by atoms with Crippen LogP contribution in [0.15, 0.2) is 12.7 Å². The second-order valence-corrected chi connectivity index (χ2v) is 4.50. The van der Waals surface area contributed by atoms with Crippen molar-refractivity contribution in [1.82, 2.24) is 0 Å². The number of ketones is 1. The van der Waals surface area contributed by atoms with Gasteiger partial charge in [0.25, 0.3) is 0 Å². The smallest absolute Gasteiger partial charge is 0.133 e. The van der Waals surface area contributed by atoms with E-state index in [0.29, 0.717) is 23.5 Å². The molecule has 1 aliphatic carbocycles. The molecule has 0 aromatic rings. The Labute approximate surface area is 87.6 Å². The number of Topliss-reactive ketones (excluding diaryl/α,β-unsaturated/α-hetero) is 1. The van der Waals surface area contributed by atoms with Gasteiger partial charge in [-0.1, -0.05) is 25.8 Å². The zero-order chi connectivity index (χ0) is 10.6. The maximum atomic E-state index is 11.5. The first-order valence-corrected chi connectivity index (χ1v) is 5.82. The van der Waals surface area contributed by atoms with Gasteiger partial charge in [-0.3, -0.25) is 4.79 Å². The van der Waals surface area contributed by atoms with Crippen LogP contribution < -0.4 is 0 Å². The fourth-order valence-electron chi connectivity index (χ4n) is 2.99. The summed E-state index contributed by atoms with van der Waals surface area (Å²) in [6, 6.07) is 0. The summed E-state index contributed by atoms with van der Waals surface area (Å²) in [5.74, 6) is 2.05. The van der Waals surface area contributed by atoms with Crippen LogP contribution in [0.2, 0.25) is 0 Å². The molecule has 0 saturated heterocycles. The van der Waals surface area contributed by atoms with Gasteiger partial charge in [-0.15, -0.1) is 6.58 Å². The van der Waals surface area contributed by atoms with E-state index in [9.17, 15) is 4.79 Å². The van der Waals surface area contributed by atoms with Crippen LogP contribution in [0.25, 0.3) is 0 Å². The Balaban J connectivity index is 2.68. The van der Waals surface area contributed by atoms with Crippen molar-refractivity contribution in [3.63, 3.8) is 0 Å². The van der Waals surface area contributed by atoms with Gasteiger partial charge >= 0.3 is 0 Å². The van der Waals surface area contributed by atoms with Gasteiger partial charge in [0.05, 0.1) is 0 Å². The van der Waals surface area contributed by atoms with Gasteiger partial charge in [-0.2, -0.15) is 0 Å². The first-order chi connectivity index (χ1) is 6.70. The van der Waals surface area contributed by atoms with Crippen LogP contribution in [0.3, 0.4) is 0 Å². The van der Waals surface area contributed by atoms with E-state index in [4.69, 9.17) is 0 Å². The molecule has 80 valence electrons. The molecule has 0 radical (unpaired) electrons. The molecule has 1 heteroatoms. The normalized spacial score (nSPS) is 32.6. The second kappa shape index (κ2) is 5.33. The summed E-state index contributed by atoms with van der Waals surface area (Å²) in [5.41, 5.74) is 0. The van der Waals surface area contributed by atoms with Crippen molar-refractivity contribution in [3.8, 4) is 0 Å². The maximum absolute atomic E-state index is 11.5. The van der Waals surface area contributed by atoms with Gasteiger partial charge in [0, 0.05) is 5.92 Å². The molecule has 3 unspecified atom stereocenters. The molecule has 1 saturated carbocycles. The molecule has 0 bridgehead atoms. The minimum Gasteiger partial charge on any atom is -0.300 e. The third kappa shape index (κ3) is 2.46. The first-order valence-electron chi connectivity index (χ1n) is 5.82. The standard InChI is InChI=1S/C13H22O/c1-4-7-11-8-6-9-13(10(3)14)12(11)5-2/h4,11-13H,1,5-9H2,2-3H3. The summed E-state index contributed by atoms with van der Waals surface area (Å²) in [4.78, 5) is 11.5. The molecular formula is C13H22O. The average Bonchev–Trinajstić information content (AvgIpc) is 2.18. The minimum absolute atomic E-state index is 0.332. The lowest BCUT2D eigenvalue weighted by molar-refractivity contribution is -0.124. The van der Waals surface area contributed by atoms with Gasteiger partial charge in [0.2, 0.25) is 0 Å².